The SMILES string of the molecule is Cc1ccc(CCl)c([N+](=O)[O-])c1F. The Hall–Kier alpha value is -1.16. The van der Waals surface area contributed by atoms with Crippen molar-refractivity contribution in [1.82, 2.24) is 0 Å². The maximum Gasteiger partial charge on any atom is 0.309 e. The van der Waals surface area contributed by atoms with Gasteiger partial charge in [0.15, 0.2) is 0 Å². The van der Waals surface area contributed by atoms with Crippen molar-refractivity contribution in [3.05, 3.63) is 39.2 Å². The first kappa shape index (κ1) is 9.92. The summed E-state index contributed by atoms with van der Waals surface area (Å²) >= 11 is 5.43. The fraction of sp³-hybridized carbons (Fsp3) is 0.250. The smallest absolute Gasteiger partial charge is 0.258 e. The summed E-state index contributed by atoms with van der Waals surface area (Å²) in [6.07, 6.45) is 0. The molecule has 0 amide bonds. The number of nitro groups is 1. The Balaban J connectivity index is 3.41. The van der Waals surface area contributed by atoms with Crippen LogP contribution in [-0.2, 0) is 5.88 Å². The minimum Gasteiger partial charge on any atom is -0.258 e. The molecule has 0 aliphatic heterocycles. The lowest BCUT2D eigenvalue weighted by Crippen LogP contribution is -1.99. The molecular weight excluding hydrogens is 197 g/mol. The van der Waals surface area contributed by atoms with Gasteiger partial charge in [-0.05, 0) is 12.5 Å². The standard InChI is InChI=1S/C8H7ClFNO2/c1-5-2-3-6(4-9)8(7(5)10)11(12)13/h2-3H,4H2,1H3. The number of rotatable bonds is 2. The summed E-state index contributed by atoms with van der Waals surface area (Å²) in [5.41, 5.74) is -0.0645. The first-order valence-electron chi connectivity index (χ1n) is 3.56. The highest BCUT2D eigenvalue weighted by molar-refractivity contribution is 6.17. The van der Waals surface area contributed by atoms with E-state index in [1.54, 1.807) is 0 Å². The van der Waals surface area contributed by atoms with E-state index in [4.69, 9.17) is 11.6 Å². The van der Waals surface area contributed by atoms with Crippen molar-refractivity contribution < 1.29 is 9.31 Å². The summed E-state index contributed by atoms with van der Waals surface area (Å²) in [5.74, 6) is -0.865. The number of halogens is 2. The third-order valence-electron chi connectivity index (χ3n) is 1.72. The Morgan fingerprint density at radius 2 is 2.23 bits per heavy atom. The van der Waals surface area contributed by atoms with E-state index in [0.717, 1.165) is 0 Å². The summed E-state index contributed by atoms with van der Waals surface area (Å²) < 4.78 is 13.2. The van der Waals surface area contributed by atoms with Gasteiger partial charge >= 0.3 is 5.69 Å². The second-order valence-electron chi connectivity index (χ2n) is 2.59. The van der Waals surface area contributed by atoms with Crippen LogP contribution in [0.15, 0.2) is 12.1 Å². The maximum absolute atomic E-state index is 13.2. The van der Waals surface area contributed by atoms with Crippen molar-refractivity contribution >= 4 is 17.3 Å². The predicted molar refractivity (Wildman–Crippen MR) is 47.3 cm³/mol. The highest BCUT2D eigenvalue weighted by Gasteiger charge is 2.20. The summed E-state index contributed by atoms with van der Waals surface area (Å²) in [6, 6.07) is 2.93. The zero-order chi connectivity index (χ0) is 10.0. The number of hydrogen-bond donors (Lipinski definition) is 0. The van der Waals surface area contributed by atoms with Crippen LogP contribution in [0, 0.1) is 22.9 Å². The van der Waals surface area contributed by atoms with E-state index < -0.39 is 16.4 Å². The van der Waals surface area contributed by atoms with Gasteiger partial charge in [0.2, 0.25) is 5.82 Å². The van der Waals surface area contributed by atoms with Gasteiger partial charge in [0.05, 0.1) is 10.8 Å². The minimum atomic E-state index is -0.803. The molecule has 0 heterocycles. The average Bonchev–Trinajstić information content (AvgIpc) is 2.08. The van der Waals surface area contributed by atoms with Crippen LogP contribution in [0.2, 0.25) is 0 Å². The average molecular weight is 204 g/mol. The summed E-state index contributed by atoms with van der Waals surface area (Å²) in [4.78, 5) is 9.71. The number of nitrogens with zero attached hydrogens (tertiary/aromatic N) is 1. The highest BCUT2D eigenvalue weighted by atomic mass is 35.5. The number of benzene rings is 1. The van der Waals surface area contributed by atoms with Crippen LogP contribution in [0.4, 0.5) is 10.1 Å². The Morgan fingerprint density at radius 1 is 1.62 bits per heavy atom. The molecule has 1 rings (SSSR count). The third-order valence-corrected chi connectivity index (χ3v) is 2.01. The Kier molecular flexibility index (Phi) is 2.83. The fourth-order valence-corrected chi connectivity index (χ4v) is 1.23. The first-order chi connectivity index (χ1) is 6.07. The second-order valence-corrected chi connectivity index (χ2v) is 2.86. The summed E-state index contributed by atoms with van der Waals surface area (Å²) in [7, 11) is 0. The molecule has 0 aromatic heterocycles. The molecule has 0 N–H and O–H groups in total. The molecule has 0 saturated heterocycles. The van der Waals surface area contributed by atoms with Crippen LogP contribution in [0.1, 0.15) is 11.1 Å². The number of alkyl halides is 1. The molecular formula is C8H7ClFNO2. The van der Waals surface area contributed by atoms with Gasteiger partial charge in [0, 0.05) is 5.56 Å². The monoisotopic (exact) mass is 203 g/mol. The molecule has 0 bridgehead atoms. The lowest BCUT2D eigenvalue weighted by atomic mass is 10.1. The van der Waals surface area contributed by atoms with Crippen molar-refractivity contribution in [2.45, 2.75) is 12.8 Å². The number of nitro benzene ring substituents is 1. The molecule has 70 valence electrons. The molecule has 3 nitrogen and oxygen atoms in total. The van der Waals surface area contributed by atoms with Gasteiger partial charge in [0.1, 0.15) is 0 Å². The molecule has 0 unspecified atom stereocenters. The molecule has 0 radical (unpaired) electrons. The highest BCUT2D eigenvalue weighted by Crippen LogP contribution is 2.26. The largest absolute Gasteiger partial charge is 0.309 e. The lowest BCUT2D eigenvalue weighted by Gasteiger charge is -2.01. The Labute approximate surface area is 79.3 Å². The Bertz CT molecular complexity index is 354. The van der Waals surface area contributed by atoms with Crippen LogP contribution < -0.4 is 0 Å². The van der Waals surface area contributed by atoms with Gasteiger partial charge in [0.25, 0.3) is 0 Å². The molecule has 1 aromatic rings. The van der Waals surface area contributed by atoms with E-state index in [-0.39, 0.29) is 17.0 Å². The van der Waals surface area contributed by atoms with Crippen molar-refractivity contribution in [3.63, 3.8) is 0 Å². The van der Waals surface area contributed by atoms with E-state index in [0.29, 0.717) is 0 Å². The van der Waals surface area contributed by atoms with Gasteiger partial charge in [-0.2, -0.15) is 4.39 Å². The van der Waals surface area contributed by atoms with Gasteiger partial charge in [-0.25, -0.2) is 0 Å². The second kappa shape index (κ2) is 3.70. The maximum atomic E-state index is 13.2. The van der Waals surface area contributed by atoms with Crippen molar-refractivity contribution in [2.75, 3.05) is 0 Å². The number of aryl methyl sites for hydroxylation is 1. The van der Waals surface area contributed by atoms with Crippen LogP contribution in [0.3, 0.4) is 0 Å². The predicted octanol–water partition coefficient (Wildman–Crippen LogP) is 2.78. The Morgan fingerprint density at radius 3 is 2.69 bits per heavy atom. The fourth-order valence-electron chi connectivity index (χ4n) is 1.01. The topological polar surface area (TPSA) is 43.1 Å². The van der Waals surface area contributed by atoms with Crippen molar-refractivity contribution in [2.24, 2.45) is 0 Å². The lowest BCUT2D eigenvalue weighted by molar-refractivity contribution is -0.388. The third kappa shape index (κ3) is 1.78. The number of hydrogen-bond acceptors (Lipinski definition) is 2. The molecule has 13 heavy (non-hydrogen) atoms. The van der Waals surface area contributed by atoms with Gasteiger partial charge in [-0.15, -0.1) is 11.6 Å². The van der Waals surface area contributed by atoms with Gasteiger partial charge in [-0.1, -0.05) is 12.1 Å². The molecule has 1 aromatic carbocycles. The summed E-state index contributed by atoms with van der Waals surface area (Å²) in [5, 5.41) is 10.5. The van der Waals surface area contributed by atoms with Crippen LogP contribution in [-0.4, -0.2) is 4.92 Å². The minimum absolute atomic E-state index is 0.0620. The molecule has 0 fully saturated rings. The van der Waals surface area contributed by atoms with Gasteiger partial charge < -0.3 is 0 Å². The molecule has 0 spiro atoms. The first-order valence-corrected chi connectivity index (χ1v) is 4.09. The molecule has 5 heteroatoms. The summed E-state index contributed by atoms with van der Waals surface area (Å²) in [6.45, 7) is 1.47. The van der Waals surface area contributed by atoms with Crippen LogP contribution >= 0.6 is 11.6 Å². The zero-order valence-electron chi connectivity index (χ0n) is 6.88. The van der Waals surface area contributed by atoms with Crippen LogP contribution in [0.25, 0.3) is 0 Å². The normalized spacial score (nSPS) is 10.1. The van der Waals surface area contributed by atoms with Gasteiger partial charge in [-0.3, -0.25) is 10.1 Å². The molecule has 0 saturated carbocycles. The van der Waals surface area contributed by atoms with E-state index in [9.17, 15) is 14.5 Å². The van der Waals surface area contributed by atoms with Crippen LogP contribution in [0.5, 0.6) is 0 Å². The van der Waals surface area contributed by atoms with Crippen molar-refractivity contribution in [3.8, 4) is 0 Å². The molecule has 0 atom stereocenters. The van der Waals surface area contributed by atoms with E-state index in [1.165, 1.54) is 19.1 Å². The quantitative estimate of drug-likeness (QED) is 0.421. The zero-order valence-corrected chi connectivity index (χ0v) is 7.64. The van der Waals surface area contributed by atoms with E-state index in [2.05, 4.69) is 0 Å². The van der Waals surface area contributed by atoms with Crippen molar-refractivity contribution in [1.29, 1.82) is 0 Å². The molecule has 0 aliphatic carbocycles. The molecule has 0 aliphatic rings. The van der Waals surface area contributed by atoms with E-state index in [1.807, 2.05) is 0 Å². The van der Waals surface area contributed by atoms with E-state index >= 15 is 0 Å².